The predicted octanol–water partition coefficient (Wildman–Crippen LogP) is 0.798. The van der Waals surface area contributed by atoms with E-state index < -0.39 is 11.9 Å². The highest BCUT2D eigenvalue weighted by Gasteiger charge is 2.23. The van der Waals surface area contributed by atoms with Crippen LogP contribution >= 0.6 is 0 Å². The van der Waals surface area contributed by atoms with E-state index in [0.29, 0.717) is 17.1 Å². The molecule has 0 radical (unpaired) electrons. The number of hydrogen-bond donors (Lipinski definition) is 2. The number of nitrogens with zero attached hydrogens (tertiary/aromatic N) is 2. The number of likely N-dealkylation sites (N-methyl/N-ethyl adjacent to an activating group) is 1. The van der Waals surface area contributed by atoms with Gasteiger partial charge in [-0.1, -0.05) is 0 Å². The summed E-state index contributed by atoms with van der Waals surface area (Å²) in [5, 5.41) is 17.7. The van der Waals surface area contributed by atoms with Crippen molar-refractivity contribution >= 4 is 29.2 Å². The van der Waals surface area contributed by atoms with Crippen LogP contribution in [0.5, 0.6) is 5.75 Å². The molecule has 0 aromatic heterocycles. The lowest BCUT2D eigenvalue weighted by atomic mass is 10.2. The number of benzene rings is 1. The number of ether oxygens (including phenoxy) is 1. The average Bonchev–Trinajstić information content (AvgIpc) is 2.50. The zero-order valence-electron chi connectivity index (χ0n) is 12.7. The Morgan fingerprint density at radius 1 is 1.22 bits per heavy atom. The van der Waals surface area contributed by atoms with Gasteiger partial charge in [-0.25, -0.2) is 0 Å². The van der Waals surface area contributed by atoms with Crippen LogP contribution in [0, 0.1) is 0 Å². The number of carbonyl (C=O) groups is 3. The van der Waals surface area contributed by atoms with Gasteiger partial charge in [0, 0.05) is 31.9 Å². The Morgan fingerprint density at radius 2 is 1.83 bits per heavy atom. The number of carboxylic acid groups (broad SMARTS) is 2. The fourth-order valence-electron chi connectivity index (χ4n) is 2.29. The van der Waals surface area contributed by atoms with E-state index in [2.05, 4.69) is 0 Å². The summed E-state index contributed by atoms with van der Waals surface area (Å²) in [4.78, 5) is 36.3. The summed E-state index contributed by atoms with van der Waals surface area (Å²) in [6, 6.07) is 5.12. The number of rotatable bonds is 7. The molecule has 0 fully saturated rings. The summed E-state index contributed by atoms with van der Waals surface area (Å²) in [6.45, 7) is 0.323. The molecule has 124 valence electrons. The molecule has 1 aliphatic heterocycles. The van der Waals surface area contributed by atoms with Gasteiger partial charge in [0.1, 0.15) is 5.75 Å². The molecular formula is C15H18N2O6. The maximum absolute atomic E-state index is 11.6. The van der Waals surface area contributed by atoms with Gasteiger partial charge in [0.25, 0.3) is 5.91 Å². The van der Waals surface area contributed by atoms with Crippen LogP contribution in [0.4, 0.5) is 11.4 Å². The van der Waals surface area contributed by atoms with E-state index in [1.54, 1.807) is 30.1 Å². The van der Waals surface area contributed by atoms with Crippen molar-refractivity contribution in [2.75, 3.05) is 36.5 Å². The third kappa shape index (κ3) is 4.12. The molecule has 1 aliphatic rings. The summed E-state index contributed by atoms with van der Waals surface area (Å²) in [5.74, 6) is -1.55. The van der Waals surface area contributed by atoms with Gasteiger partial charge in [0.2, 0.25) is 0 Å². The molecule has 23 heavy (non-hydrogen) atoms. The largest absolute Gasteiger partial charge is 0.481 e. The van der Waals surface area contributed by atoms with Gasteiger partial charge in [-0.15, -0.1) is 0 Å². The van der Waals surface area contributed by atoms with Gasteiger partial charge < -0.3 is 24.7 Å². The third-order valence-corrected chi connectivity index (χ3v) is 3.59. The highest BCUT2D eigenvalue weighted by molar-refractivity contribution is 5.97. The van der Waals surface area contributed by atoms with E-state index in [-0.39, 0.29) is 38.4 Å². The second-order valence-corrected chi connectivity index (χ2v) is 5.17. The van der Waals surface area contributed by atoms with Crippen LogP contribution in [0.2, 0.25) is 0 Å². The number of carbonyl (C=O) groups excluding carboxylic acids is 1. The fourth-order valence-corrected chi connectivity index (χ4v) is 2.29. The Balaban J connectivity index is 2.22. The Labute approximate surface area is 132 Å². The normalized spacial score (nSPS) is 13.3. The Kier molecular flexibility index (Phi) is 5.05. The predicted molar refractivity (Wildman–Crippen MR) is 82.1 cm³/mol. The second-order valence-electron chi connectivity index (χ2n) is 5.17. The van der Waals surface area contributed by atoms with Crippen molar-refractivity contribution in [2.24, 2.45) is 0 Å². The van der Waals surface area contributed by atoms with Gasteiger partial charge in [-0.05, 0) is 12.1 Å². The first-order valence-corrected chi connectivity index (χ1v) is 7.10. The molecular weight excluding hydrogens is 304 g/mol. The SMILES string of the molecule is CN1C(=O)COc2cc(N(CCC(=O)O)CCC(=O)O)ccc21. The van der Waals surface area contributed by atoms with Crippen molar-refractivity contribution in [1.29, 1.82) is 0 Å². The molecule has 0 unspecified atom stereocenters. The Morgan fingerprint density at radius 3 is 2.39 bits per heavy atom. The number of carboxylic acids is 2. The number of hydrogen-bond acceptors (Lipinski definition) is 5. The Bertz CT molecular complexity index is 612. The lowest BCUT2D eigenvalue weighted by molar-refractivity contribution is -0.137. The molecule has 8 nitrogen and oxygen atoms in total. The quantitative estimate of drug-likeness (QED) is 0.764. The molecule has 1 aromatic carbocycles. The zero-order chi connectivity index (χ0) is 17.0. The van der Waals surface area contributed by atoms with E-state index in [4.69, 9.17) is 14.9 Å². The number of anilines is 2. The van der Waals surface area contributed by atoms with Crippen LogP contribution < -0.4 is 14.5 Å². The molecule has 0 saturated carbocycles. The van der Waals surface area contributed by atoms with Crippen LogP contribution in [0.1, 0.15) is 12.8 Å². The van der Waals surface area contributed by atoms with Crippen molar-refractivity contribution in [1.82, 2.24) is 0 Å². The molecule has 0 spiro atoms. The van der Waals surface area contributed by atoms with Crippen LogP contribution in [0.3, 0.4) is 0 Å². The summed E-state index contributed by atoms with van der Waals surface area (Å²) in [7, 11) is 1.65. The van der Waals surface area contributed by atoms with Crippen molar-refractivity contribution < 1.29 is 29.3 Å². The minimum Gasteiger partial charge on any atom is -0.481 e. The molecule has 1 heterocycles. The lowest BCUT2D eigenvalue weighted by Crippen LogP contribution is -2.35. The zero-order valence-corrected chi connectivity index (χ0v) is 12.7. The topological polar surface area (TPSA) is 107 Å². The van der Waals surface area contributed by atoms with Crippen molar-refractivity contribution in [3.05, 3.63) is 18.2 Å². The molecule has 0 atom stereocenters. The molecule has 2 N–H and O–H groups in total. The monoisotopic (exact) mass is 322 g/mol. The smallest absolute Gasteiger partial charge is 0.305 e. The molecule has 2 rings (SSSR count). The first-order valence-electron chi connectivity index (χ1n) is 7.10. The number of amides is 1. The van der Waals surface area contributed by atoms with Crippen molar-refractivity contribution in [3.8, 4) is 5.75 Å². The van der Waals surface area contributed by atoms with E-state index in [1.807, 2.05) is 0 Å². The summed E-state index contributed by atoms with van der Waals surface area (Å²) in [5.41, 5.74) is 1.29. The summed E-state index contributed by atoms with van der Waals surface area (Å²) in [6.07, 6.45) is -0.202. The molecule has 8 heteroatoms. The number of aliphatic carboxylic acids is 2. The minimum atomic E-state index is -0.954. The van der Waals surface area contributed by atoms with Crippen LogP contribution in [-0.4, -0.2) is 54.8 Å². The average molecular weight is 322 g/mol. The lowest BCUT2D eigenvalue weighted by Gasteiger charge is -2.29. The van der Waals surface area contributed by atoms with Gasteiger partial charge in [0.05, 0.1) is 18.5 Å². The van der Waals surface area contributed by atoms with Gasteiger partial charge >= 0.3 is 11.9 Å². The molecule has 0 bridgehead atoms. The summed E-state index contributed by atoms with van der Waals surface area (Å²) >= 11 is 0. The van der Waals surface area contributed by atoms with Gasteiger partial charge in [-0.3, -0.25) is 14.4 Å². The fraction of sp³-hybridized carbons (Fsp3) is 0.400. The minimum absolute atomic E-state index is 0.0583. The van der Waals surface area contributed by atoms with E-state index in [1.165, 1.54) is 4.90 Å². The van der Waals surface area contributed by atoms with Crippen LogP contribution in [0.15, 0.2) is 18.2 Å². The van der Waals surface area contributed by atoms with Crippen LogP contribution in [-0.2, 0) is 14.4 Å². The van der Waals surface area contributed by atoms with E-state index >= 15 is 0 Å². The van der Waals surface area contributed by atoms with Gasteiger partial charge in [0.15, 0.2) is 6.61 Å². The first-order chi connectivity index (χ1) is 10.9. The van der Waals surface area contributed by atoms with Crippen molar-refractivity contribution in [3.63, 3.8) is 0 Å². The molecule has 1 amide bonds. The standard InChI is InChI=1S/C15H18N2O6/c1-16-11-3-2-10(8-12(11)23-9-13(16)18)17(6-4-14(19)20)7-5-15(21)22/h2-3,8H,4-7,9H2,1H3,(H,19,20)(H,21,22). The second kappa shape index (κ2) is 6.99. The van der Waals surface area contributed by atoms with Gasteiger partial charge in [-0.2, -0.15) is 0 Å². The van der Waals surface area contributed by atoms with Crippen LogP contribution in [0.25, 0.3) is 0 Å². The van der Waals surface area contributed by atoms with E-state index in [9.17, 15) is 14.4 Å². The summed E-state index contributed by atoms with van der Waals surface area (Å²) < 4.78 is 5.40. The number of fused-ring (bicyclic) bond motifs is 1. The Hall–Kier alpha value is -2.77. The highest BCUT2D eigenvalue weighted by atomic mass is 16.5. The molecule has 0 aliphatic carbocycles. The molecule has 1 aromatic rings. The third-order valence-electron chi connectivity index (χ3n) is 3.59. The molecule has 0 saturated heterocycles. The van der Waals surface area contributed by atoms with E-state index in [0.717, 1.165) is 0 Å². The van der Waals surface area contributed by atoms with Crippen molar-refractivity contribution in [2.45, 2.75) is 12.8 Å². The maximum Gasteiger partial charge on any atom is 0.305 e. The highest BCUT2D eigenvalue weighted by Crippen LogP contribution is 2.34. The maximum atomic E-state index is 11.6. The first kappa shape index (κ1) is 16.6.